The molecule has 3 aromatic rings. The first-order chi connectivity index (χ1) is 15.2. The smallest absolute Gasteiger partial charge is 0.180 e. The number of allylic oxidation sites excluding steroid dienone is 1. The highest BCUT2D eigenvalue weighted by atomic mass is 19.1. The molecule has 0 bridgehead atoms. The van der Waals surface area contributed by atoms with Gasteiger partial charge in [-0.25, -0.2) is 19.3 Å². The molecule has 31 heavy (non-hydrogen) atoms. The van der Waals surface area contributed by atoms with Crippen LogP contribution in [0.5, 0.6) is 0 Å². The number of imidazole rings is 1. The average Bonchev–Trinajstić information content (AvgIpc) is 3.43. The zero-order valence-corrected chi connectivity index (χ0v) is 17.8. The van der Waals surface area contributed by atoms with Gasteiger partial charge in [-0.2, -0.15) is 0 Å². The Balaban J connectivity index is 1.28. The minimum absolute atomic E-state index is 0.316. The maximum absolute atomic E-state index is 13.7. The number of pyridine rings is 1. The topological polar surface area (TPSA) is 58.3 Å². The molecule has 0 radical (unpaired) electrons. The predicted octanol–water partition coefficient (Wildman–Crippen LogP) is 4.90. The Kier molecular flexibility index (Phi) is 5.57. The summed E-state index contributed by atoms with van der Waals surface area (Å²) < 4.78 is 15.4. The molecule has 1 N–H and O–H groups in total. The van der Waals surface area contributed by atoms with Crippen molar-refractivity contribution in [1.29, 1.82) is 0 Å². The number of fused-ring (bicyclic) bond motifs is 1. The second-order valence-corrected chi connectivity index (χ2v) is 8.83. The standard InChI is InChI=1S/C24H29FN6/c1-17(13-18-5-2-3-6-18)30-12-4-7-20(16-30)28-22-10-11-26-24(29-22)21-14-27-23-9-8-19(25)15-31(21)23/h8-11,14-15,18,20H,1-7,12-13,16H2,(H,26,28,29)/t20-/m1/s1. The van der Waals surface area contributed by atoms with E-state index in [1.807, 2.05) is 6.07 Å². The molecule has 3 aromatic heterocycles. The summed E-state index contributed by atoms with van der Waals surface area (Å²) in [5.41, 5.74) is 2.63. The fourth-order valence-corrected chi connectivity index (χ4v) is 4.95. The Morgan fingerprint density at radius 1 is 1.13 bits per heavy atom. The van der Waals surface area contributed by atoms with Crippen LogP contribution in [0.2, 0.25) is 0 Å². The Morgan fingerprint density at radius 2 is 2.00 bits per heavy atom. The van der Waals surface area contributed by atoms with E-state index < -0.39 is 0 Å². The van der Waals surface area contributed by atoms with E-state index in [0.29, 0.717) is 23.2 Å². The van der Waals surface area contributed by atoms with Gasteiger partial charge in [0.25, 0.3) is 0 Å². The fraction of sp³-hybridized carbons (Fsp3) is 0.458. The van der Waals surface area contributed by atoms with Crippen LogP contribution >= 0.6 is 0 Å². The predicted molar refractivity (Wildman–Crippen MR) is 120 cm³/mol. The van der Waals surface area contributed by atoms with Gasteiger partial charge in [-0.05, 0) is 43.4 Å². The van der Waals surface area contributed by atoms with Gasteiger partial charge in [0.15, 0.2) is 5.82 Å². The monoisotopic (exact) mass is 420 g/mol. The van der Waals surface area contributed by atoms with Gasteiger partial charge in [-0.1, -0.05) is 32.3 Å². The van der Waals surface area contributed by atoms with E-state index in [0.717, 1.165) is 44.1 Å². The van der Waals surface area contributed by atoms with E-state index in [9.17, 15) is 4.39 Å². The normalized spacial score (nSPS) is 19.8. The van der Waals surface area contributed by atoms with Crippen molar-refractivity contribution >= 4 is 11.5 Å². The first-order valence-electron chi connectivity index (χ1n) is 11.3. The van der Waals surface area contributed by atoms with Crippen LogP contribution < -0.4 is 5.32 Å². The SMILES string of the molecule is C=C(CC1CCCC1)N1CCC[C@@H](Nc2ccnc(-c3cnc4ccc(F)cn34)n2)C1. The van der Waals surface area contributed by atoms with Gasteiger partial charge in [-0.15, -0.1) is 0 Å². The number of nitrogens with zero attached hydrogens (tertiary/aromatic N) is 5. The molecule has 162 valence electrons. The molecule has 1 saturated heterocycles. The van der Waals surface area contributed by atoms with Gasteiger partial charge in [-0.3, -0.25) is 4.40 Å². The molecule has 4 heterocycles. The van der Waals surface area contributed by atoms with Crippen molar-refractivity contribution in [2.45, 2.75) is 51.0 Å². The highest BCUT2D eigenvalue weighted by Gasteiger charge is 2.24. The number of nitrogens with one attached hydrogen (secondary N) is 1. The summed E-state index contributed by atoms with van der Waals surface area (Å²) in [5, 5.41) is 3.58. The van der Waals surface area contributed by atoms with E-state index in [2.05, 4.69) is 26.8 Å². The molecule has 1 aliphatic heterocycles. The summed E-state index contributed by atoms with van der Waals surface area (Å²) in [7, 11) is 0. The van der Waals surface area contributed by atoms with E-state index >= 15 is 0 Å². The Bertz CT molecular complexity index is 1070. The van der Waals surface area contributed by atoms with Gasteiger partial charge in [0.2, 0.25) is 0 Å². The van der Waals surface area contributed by atoms with Gasteiger partial charge in [0, 0.05) is 37.2 Å². The lowest BCUT2D eigenvalue weighted by molar-refractivity contribution is 0.253. The van der Waals surface area contributed by atoms with Crippen molar-refractivity contribution in [3.05, 3.63) is 54.9 Å². The molecular formula is C24H29FN6. The number of hydrogen-bond acceptors (Lipinski definition) is 5. The van der Waals surface area contributed by atoms with Gasteiger partial charge >= 0.3 is 0 Å². The maximum atomic E-state index is 13.7. The fourth-order valence-electron chi connectivity index (χ4n) is 4.95. The van der Waals surface area contributed by atoms with Crippen molar-refractivity contribution in [2.24, 2.45) is 5.92 Å². The summed E-state index contributed by atoms with van der Waals surface area (Å²) in [6.07, 6.45) is 13.7. The van der Waals surface area contributed by atoms with Crippen LogP contribution in [0.1, 0.15) is 44.9 Å². The quantitative estimate of drug-likeness (QED) is 0.615. The zero-order valence-electron chi connectivity index (χ0n) is 17.8. The van der Waals surface area contributed by atoms with Crippen LogP contribution in [0.3, 0.4) is 0 Å². The maximum Gasteiger partial charge on any atom is 0.180 e. The van der Waals surface area contributed by atoms with Crippen LogP contribution in [0.15, 0.2) is 49.1 Å². The van der Waals surface area contributed by atoms with Crippen LogP contribution in [-0.2, 0) is 0 Å². The molecule has 0 aromatic carbocycles. The lowest BCUT2D eigenvalue weighted by atomic mass is 9.99. The summed E-state index contributed by atoms with van der Waals surface area (Å²) >= 11 is 0. The molecule has 1 aliphatic carbocycles. The van der Waals surface area contributed by atoms with Crippen molar-refractivity contribution in [3.8, 4) is 11.5 Å². The molecule has 0 spiro atoms. The Hall–Kier alpha value is -2.96. The Labute approximate surface area is 182 Å². The van der Waals surface area contributed by atoms with Crippen molar-refractivity contribution < 1.29 is 4.39 Å². The third-order valence-electron chi connectivity index (χ3n) is 6.57. The first kappa shape index (κ1) is 20.0. The molecule has 7 heteroatoms. The van der Waals surface area contributed by atoms with Crippen molar-refractivity contribution in [1.82, 2.24) is 24.3 Å². The highest BCUT2D eigenvalue weighted by Crippen LogP contribution is 2.31. The lowest BCUT2D eigenvalue weighted by Crippen LogP contribution is -2.41. The number of piperidine rings is 1. The average molecular weight is 421 g/mol. The first-order valence-corrected chi connectivity index (χ1v) is 11.3. The molecule has 5 rings (SSSR count). The highest BCUT2D eigenvalue weighted by molar-refractivity contribution is 5.58. The van der Waals surface area contributed by atoms with Crippen LogP contribution in [0.4, 0.5) is 10.2 Å². The van der Waals surface area contributed by atoms with Crippen molar-refractivity contribution in [2.75, 3.05) is 18.4 Å². The van der Waals surface area contributed by atoms with Crippen LogP contribution in [0, 0.1) is 11.7 Å². The van der Waals surface area contributed by atoms with E-state index in [-0.39, 0.29) is 5.82 Å². The minimum Gasteiger partial charge on any atom is -0.373 e. The molecule has 0 amide bonds. The molecule has 2 aliphatic rings. The number of halogens is 1. The Morgan fingerprint density at radius 3 is 2.87 bits per heavy atom. The van der Waals surface area contributed by atoms with Crippen molar-refractivity contribution in [3.63, 3.8) is 0 Å². The number of likely N-dealkylation sites (tertiary alicyclic amines) is 1. The number of hydrogen-bond donors (Lipinski definition) is 1. The van der Waals surface area contributed by atoms with Gasteiger partial charge < -0.3 is 10.2 Å². The van der Waals surface area contributed by atoms with Gasteiger partial charge in [0.05, 0.1) is 6.20 Å². The number of rotatable bonds is 6. The minimum atomic E-state index is -0.318. The molecular weight excluding hydrogens is 391 g/mol. The van der Waals surface area contributed by atoms with Gasteiger partial charge in [0.1, 0.15) is 23.0 Å². The van der Waals surface area contributed by atoms with E-state index in [1.54, 1.807) is 22.9 Å². The summed E-state index contributed by atoms with van der Waals surface area (Å²) in [4.78, 5) is 15.9. The van der Waals surface area contributed by atoms with E-state index in [4.69, 9.17) is 4.98 Å². The molecule has 6 nitrogen and oxygen atoms in total. The molecule has 0 unspecified atom stereocenters. The third kappa shape index (κ3) is 4.40. The lowest BCUT2D eigenvalue weighted by Gasteiger charge is -2.36. The number of aromatic nitrogens is 4. The van der Waals surface area contributed by atoms with Crippen LogP contribution in [-0.4, -0.2) is 43.4 Å². The zero-order chi connectivity index (χ0) is 21.2. The van der Waals surface area contributed by atoms with Crippen LogP contribution in [0.25, 0.3) is 17.2 Å². The largest absolute Gasteiger partial charge is 0.373 e. The summed E-state index contributed by atoms with van der Waals surface area (Å²) in [5.74, 6) is 1.81. The molecule has 2 fully saturated rings. The second kappa shape index (κ2) is 8.65. The molecule has 1 atom stereocenters. The third-order valence-corrected chi connectivity index (χ3v) is 6.57. The van der Waals surface area contributed by atoms with E-state index in [1.165, 1.54) is 43.6 Å². The second-order valence-electron chi connectivity index (χ2n) is 8.83. The molecule has 1 saturated carbocycles. The summed E-state index contributed by atoms with van der Waals surface area (Å²) in [6.45, 7) is 6.44. The summed E-state index contributed by atoms with van der Waals surface area (Å²) in [6, 6.07) is 5.26. The number of anilines is 1.